The molecule has 0 aliphatic heterocycles. The van der Waals surface area contributed by atoms with Gasteiger partial charge in [-0.1, -0.05) is 36.4 Å². The van der Waals surface area contributed by atoms with E-state index in [9.17, 15) is 0 Å². The van der Waals surface area contributed by atoms with Crippen molar-refractivity contribution in [2.45, 2.75) is 0 Å². The van der Waals surface area contributed by atoms with E-state index in [1.165, 1.54) is 0 Å². The predicted octanol–water partition coefficient (Wildman–Crippen LogP) is 4.96. The highest BCUT2D eigenvalue weighted by molar-refractivity contribution is 5.78. The van der Waals surface area contributed by atoms with Crippen molar-refractivity contribution < 1.29 is 14.2 Å². The molecule has 0 heterocycles. The first-order valence-electron chi connectivity index (χ1n) is 7.28. The van der Waals surface area contributed by atoms with E-state index in [0.717, 1.165) is 16.9 Å². The normalized spacial score (nSPS) is 10.2. The van der Waals surface area contributed by atoms with Gasteiger partial charge in [0, 0.05) is 11.1 Å². The molecule has 3 nitrogen and oxygen atoms in total. The average molecular weight is 305 g/mol. The first-order chi connectivity index (χ1) is 11.3. The highest BCUT2D eigenvalue weighted by Gasteiger charge is 2.15. The van der Waals surface area contributed by atoms with Gasteiger partial charge in [0.05, 0.1) is 14.2 Å². The Bertz CT molecular complexity index is 782. The Balaban J connectivity index is 2.08. The van der Waals surface area contributed by atoms with E-state index in [1.807, 2.05) is 66.7 Å². The minimum atomic E-state index is 0.680. The fourth-order valence-corrected chi connectivity index (χ4v) is 2.44. The van der Waals surface area contributed by atoms with Gasteiger partial charge in [0.25, 0.3) is 0 Å². The molecule has 0 aliphatic carbocycles. The largest absolute Gasteiger partial charge is 0.493 e. The lowest BCUT2D eigenvalue weighted by atomic mass is 10.0. The number of hydrogen-bond acceptors (Lipinski definition) is 3. The molecule has 23 heavy (non-hydrogen) atoms. The van der Waals surface area contributed by atoms with Gasteiger partial charge in [-0.25, -0.2) is 0 Å². The molecule has 0 saturated heterocycles. The minimum absolute atomic E-state index is 0.680. The van der Waals surface area contributed by atoms with E-state index in [-0.39, 0.29) is 0 Å². The maximum absolute atomic E-state index is 6.01. The summed E-state index contributed by atoms with van der Waals surface area (Å²) in [6.45, 7) is 0. The van der Waals surface area contributed by atoms with Gasteiger partial charge in [-0.3, -0.25) is 0 Å². The van der Waals surface area contributed by atoms with Gasteiger partial charge in [-0.05, 0) is 36.4 Å². The standard InChI is InChI=1S/C20H17O3/c1-21-19-14-8-12-17(20(19)22-2)16-11-6-7-13-18(16)23-15-9-4-3-5-10-15/h3-6,8-14H,1-2H3. The second-order valence-electron chi connectivity index (χ2n) is 4.88. The van der Waals surface area contributed by atoms with Crippen LogP contribution in [0.2, 0.25) is 0 Å². The van der Waals surface area contributed by atoms with Gasteiger partial charge < -0.3 is 14.2 Å². The Hall–Kier alpha value is -2.94. The number of methoxy groups -OCH3 is 2. The van der Waals surface area contributed by atoms with Crippen molar-refractivity contribution in [2.75, 3.05) is 14.2 Å². The van der Waals surface area contributed by atoms with Crippen molar-refractivity contribution in [3.8, 4) is 34.1 Å². The van der Waals surface area contributed by atoms with Gasteiger partial charge in [0.15, 0.2) is 11.5 Å². The number of rotatable bonds is 5. The third kappa shape index (κ3) is 3.14. The summed E-state index contributed by atoms with van der Waals surface area (Å²) >= 11 is 0. The molecule has 0 unspecified atom stereocenters. The Morgan fingerprint density at radius 2 is 1.57 bits per heavy atom. The van der Waals surface area contributed by atoms with E-state index in [2.05, 4.69) is 6.07 Å². The molecule has 3 aromatic rings. The van der Waals surface area contributed by atoms with Crippen LogP contribution in [0.25, 0.3) is 11.1 Å². The molecule has 0 fully saturated rings. The Morgan fingerprint density at radius 3 is 2.30 bits per heavy atom. The first kappa shape index (κ1) is 15.0. The molecule has 3 rings (SSSR count). The molecule has 3 heteroatoms. The number of hydrogen-bond donors (Lipinski definition) is 0. The summed E-state index contributed by atoms with van der Waals surface area (Å²) in [7, 11) is 3.26. The van der Waals surface area contributed by atoms with Crippen LogP contribution in [0.4, 0.5) is 0 Å². The Kier molecular flexibility index (Phi) is 4.48. The van der Waals surface area contributed by atoms with Crippen LogP contribution >= 0.6 is 0 Å². The molecular weight excluding hydrogens is 288 g/mol. The van der Waals surface area contributed by atoms with Crippen LogP contribution in [0.15, 0.2) is 66.7 Å². The van der Waals surface area contributed by atoms with Crippen molar-refractivity contribution in [2.24, 2.45) is 0 Å². The number of benzene rings is 3. The Labute approximate surface area is 136 Å². The molecular formula is C20H17O3. The molecule has 3 aromatic carbocycles. The fourth-order valence-electron chi connectivity index (χ4n) is 2.44. The van der Waals surface area contributed by atoms with Crippen molar-refractivity contribution >= 4 is 0 Å². The first-order valence-corrected chi connectivity index (χ1v) is 7.28. The van der Waals surface area contributed by atoms with Crippen molar-refractivity contribution in [3.05, 3.63) is 72.8 Å². The highest BCUT2D eigenvalue weighted by Crippen LogP contribution is 2.42. The fraction of sp³-hybridized carbons (Fsp3) is 0.100. The van der Waals surface area contributed by atoms with Crippen molar-refractivity contribution in [1.82, 2.24) is 0 Å². The quantitative estimate of drug-likeness (QED) is 0.666. The van der Waals surface area contributed by atoms with Gasteiger partial charge in [0.1, 0.15) is 11.5 Å². The van der Waals surface area contributed by atoms with Gasteiger partial charge in [-0.15, -0.1) is 0 Å². The molecule has 0 aromatic heterocycles. The summed E-state index contributed by atoms with van der Waals surface area (Å²) in [5.41, 5.74) is 1.83. The van der Waals surface area contributed by atoms with Crippen LogP contribution in [0.1, 0.15) is 0 Å². The molecule has 1 radical (unpaired) electrons. The van der Waals surface area contributed by atoms with E-state index in [0.29, 0.717) is 17.2 Å². The molecule has 0 amide bonds. The van der Waals surface area contributed by atoms with Crippen LogP contribution in [-0.2, 0) is 0 Å². The molecule has 0 N–H and O–H groups in total. The van der Waals surface area contributed by atoms with Crippen LogP contribution in [0, 0.1) is 6.07 Å². The molecule has 0 atom stereocenters. The molecule has 0 bridgehead atoms. The summed E-state index contributed by atoms with van der Waals surface area (Å²) in [4.78, 5) is 0. The lowest BCUT2D eigenvalue weighted by molar-refractivity contribution is 0.356. The summed E-state index contributed by atoms with van der Waals surface area (Å²) in [5, 5.41) is 0. The zero-order valence-electron chi connectivity index (χ0n) is 13.1. The lowest BCUT2D eigenvalue weighted by Crippen LogP contribution is -1.94. The average Bonchev–Trinajstić information content (AvgIpc) is 2.62. The molecule has 115 valence electrons. The van der Waals surface area contributed by atoms with E-state index in [1.54, 1.807) is 14.2 Å². The minimum Gasteiger partial charge on any atom is -0.493 e. The zero-order chi connectivity index (χ0) is 16.1. The van der Waals surface area contributed by atoms with Crippen molar-refractivity contribution in [1.29, 1.82) is 0 Å². The maximum atomic E-state index is 6.01. The van der Waals surface area contributed by atoms with Gasteiger partial charge in [0.2, 0.25) is 0 Å². The van der Waals surface area contributed by atoms with Gasteiger partial charge >= 0.3 is 0 Å². The summed E-state index contributed by atoms with van der Waals surface area (Å²) in [6, 6.07) is 24.1. The summed E-state index contributed by atoms with van der Waals surface area (Å²) in [6.07, 6.45) is 0. The lowest BCUT2D eigenvalue weighted by Gasteiger charge is -2.15. The third-order valence-corrected chi connectivity index (χ3v) is 3.49. The highest BCUT2D eigenvalue weighted by atomic mass is 16.5. The molecule has 0 saturated carbocycles. The smallest absolute Gasteiger partial charge is 0.168 e. The monoisotopic (exact) mass is 305 g/mol. The van der Waals surface area contributed by atoms with Crippen LogP contribution in [-0.4, -0.2) is 14.2 Å². The van der Waals surface area contributed by atoms with E-state index in [4.69, 9.17) is 14.2 Å². The second kappa shape index (κ2) is 6.88. The predicted molar refractivity (Wildman–Crippen MR) is 90.3 cm³/mol. The van der Waals surface area contributed by atoms with Crippen LogP contribution < -0.4 is 14.2 Å². The summed E-state index contributed by atoms with van der Waals surface area (Å²) < 4.78 is 16.9. The maximum Gasteiger partial charge on any atom is 0.168 e. The Morgan fingerprint density at radius 1 is 0.739 bits per heavy atom. The van der Waals surface area contributed by atoms with E-state index < -0.39 is 0 Å². The third-order valence-electron chi connectivity index (χ3n) is 3.49. The van der Waals surface area contributed by atoms with Gasteiger partial charge in [-0.2, -0.15) is 0 Å². The molecule has 0 aliphatic rings. The summed E-state index contributed by atoms with van der Waals surface area (Å²) in [5.74, 6) is 2.85. The second-order valence-corrected chi connectivity index (χ2v) is 4.88. The van der Waals surface area contributed by atoms with Crippen molar-refractivity contribution in [3.63, 3.8) is 0 Å². The SMILES string of the molecule is COc1cccc(-c2cc[c]cc2Oc2ccccc2)c1OC. The number of para-hydroxylation sites is 2. The van der Waals surface area contributed by atoms with E-state index >= 15 is 0 Å². The van der Waals surface area contributed by atoms with Crippen LogP contribution in [0.3, 0.4) is 0 Å². The zero-order valence-corrected chi connectivity index (χ0v) is 13.1. The molecule has 0 spiro atoms. The number of ether oxygens (including phenoxy) is 3. The topological polar surface area (TPSA) is 27.7 Å². The van der Waals surface area contributed by atoms with Crippen LogP contribution in [0.5, 0.6) is 23.0 Å².